The molecule has 1 N–H and O–H groups in total. The van der Waals surface area contributed by atoms with Crippen LogP contribution in [0.5, 0.6) is 11.5 Å². The predicted molar refractivity (Wildman–Crippen MR) is 104 cm³/mol. The Labute approximate surface area is 156 Å². The van der Waals surface area contributed by atoms with Crippen molar-refractivity contribution in [2.24, 2.45) is 0 Å². The molecule has 142 valence electrons. The highest BCUT2D eigenvalue weighted by Gasteiger charge is 2.04. The first-order chi connectivity index (χ1) is 12.8. The quantitative estimate of drug-likeness (QED) is 0.545. The second-order valence-electron chi connectivity index (χ2n) is 5.58. The van der Waals surface area contributed by atoms with Crippen LogP contribution in [0.1, 0.15) is 19.4 Å². The fraction of sp³-hybridized carbons (Fsp3) is 0.429. The second kappa shape index (κ2) is 12.2. The molecule has 0 spiro atoms. The lowest BCUT2D eigenvalue weighted by atomic mass is 10.2. The van der Waals surface area contributed by atoms with Crippen LogP contribution in [0, 0.1) is 0 Å². The van der Waals surface area contributed by atoms with E-state index in [2.05, 4.69) is 11.4 Å². The summed E-state index contributed by atoms with van der Waals surface area (Å²) in [6, 6.07) is 16.0. The Hall–Kier alpha value is -2.24. The first-order valence-electron chi connectivity index (χ1n) is 9.16. The van der Waals surface area contributed by atoms with Gasteiger partial charge in [0.2, 0.25) is 0 Å². The minimum atomic E-state index is 0.549. The van der Waals surface area contributed by atoms with Gasteiger partial charge in [-0.05, 0) is 32.0 Å². The van der Waals surface area contributed by atoms with Gasteiger partial charge < -0.3 is 24.3 Å². The average molecular weight is 359 g/mol. The second-order valence-corrected chi connectivity index (χ2v) is 5.58. The van der Waals surface area contributed by atoms with Crippen LogP contribution in [0.2, 0.25) is 0 Å². The molecule has 5 heteroatoms. The van der Waals surface area contributed by atoms with Gasteiger partial charge in [0.15, 0.2) is 0 Å². The van der Waals surface area contributed by atoms with Crippen molar-refractivity contribution in [3.05, 3.63) is 54.1 Å². The maximum atomic E-state index is 5.82. The van der Waals surface area contributed by atoms with Crippen molar-refractivity contribution in [3.63, 3.8) is 0 Å². The van der Waals surface area contributed by atoms with E-state index in [0.717, 1.165) is 22.7 Å². The summed E-state index contributed by atoms with van der Waals surface area (Å²) in [5.41, 5.74) is 2.11. The third-order valence-corrected chi connectivity index (χ3v) is 3.68. The number of rotatable bonds is 13. The third-order valence-electron chi connectivity index (χ3n) is 3.68. The normalized spacial score (nSPS) is 10.5. The molecule has 0 aliphatic heterocycles. The minimum absolute atomic E-state index is 0.549. The molecule has 2 aromatic carbocycles. The third kappa shape index (κ3) is 7.33. The van der Waals surface area contributed by atoms with Crippen molar-refractivity contribution in [2.45, 2.75) is 20.4 Å². The molecule has 0 heterocycles. The van der Waals surface area contributed by atoms with Gasteiger partial charge in [-0.15, -0.1) is 0 Å². The van der Waals surface area contributed by atoms with Crippen LogP contribution in [0.25, 0.3) is 0 Å². The maximum absolute atomic E-state index is 5.82. The monoisotopic (exact) mass is 359 g/mol. The summed E-state index contributed by atoms with van der Waals surface area (Å²) in [6.45, 7) is 8.33. The summed E-state index contributed by atoms with van der Waals surface area (Å²) >= 11 is 0. The number of hydrogen-bond acceptors (Lipinski definition) is 5. The summed E-state index contributed by atoms with van der Waals surface area (Å²) in [6.07, 6.45) is 0. The molecule has 0 radical (unpaired) electrons. The van der Waals surface area contributed by atoms with Crippen molar-refractivity contribution in [3.8, 4) is 11.5 Å². The lowest BCUT2D eigenvalue weighted by Crippen LogP contribution is -2.09. The van der Waals surface area contributed by atoms with E-state index in [1.807, 2.05) is 56.3 Å². The molecular formula is C21H29NO4. The molecule has 0 fully saturated rings. The zero-order chi connectivity index (χ0) is 18.5. The van der Waals surface area contributed by atoms with E-state index in [0.29, 0.717) is 46.2 Å². The van der Waals surface area contributed by atoms with Crippen molar-refractivity contribution < 1.29 is 18.9 Å². The van der Waals surface area contributed by atoms with Gasteiger partial charge in [-0.1, -0.05) is 24.3 Å². The highest BCUT2D eigenvalue weighted by Crippen LogP contribution is 2.22. The molecule has 0 unspecified atom stereocenters. The molecule has 0 bridgehead atoms. The molecule has 0 aromatic heterocycles. The first-order valence-corrected chi connectivity index (χ1v) is 9.16. The van der Waals surface area contributed by atoms with E-state index in [9.17, 15) is 0 Å². The minimum Gasteiger partial charge on any atom is -0.491 e. The van der Waals surface area contributed by atoms with Crippen LogP contribution in [-0.4, -0.2) is 39.6 Å². The number of ether oxygens (including phenoxy) is 4. The molecule has 5 nitrogen and oxygen atoms in total. The van der Waals surface area contributed by atoms with Crippen LogP contribution in [0.4, 0.5) is 5.69 Å². The lowest BCUT2D eigenvalue weighted by Gasteiger charge is -2.13. The van der Waals surface area contributed by atoms with E-state index in [-0.39, 0.29) is 0 Å². The molecule has 0 atom stereocenters. The van der Waals surface area contributed by atoms with E-state index in [1.165, 1.54) is 0 Å². The Morgan fingerprint density at radius 1 is 0.769 bits per heavy atom. The van der Waals surface area contributed by atoms with Gasteiger partial charge in [0.25, 0.3) is 0 Å². The standard InChI is InChI=1S/C21H29NO4/c1-3-23-12-14-25-20-10-7-9-19(16-20)22-17-18-8-5-6-11-21(18)26-15-13-24-4-2/h5-11,16,22H,3-4,12-15,17H2,1-2H3. The highest BCUT2D eigenvalue weighted by atomic mass is 16.5. The first kappa shape index (κ1) is 20.1. The smallest absolute Gasteiger partial charge is 0.124 e. The van der Waals surface area contributed by atoms with Gasteiger partial charge in [-0.3, -0.25) is 0 Å². The Morgan fingerprint density at radius 2 is 1.50 bits per heavy atom. The van der Waals surface area contributed by atoms with Crippen LogP contribution >= 0.6 is 0 Å². The Balaban J connectivity index is 1.86. The van der Waals surface area contributed by atoms with Crippen molar-refractivity contribution in [2.75, 3.05) is 45.0 Å². The van der Waals surface area contributed by atoms with Crippen LogP contribution in [-0.2, 0) is 16.0 Å². The molecule has 0 aliphatic carbocycles. The molecule has 0 amide bonds. The van der Waals surface area contributed by atoms with E-state index in [1.54, 1.807) is 0 Å². The van der Waals surface area contributed by atoms with E-state index in [4.69, 9.17) is 18.9 Å². The molecule has 0 saturated heterocycles. The largest absolute Gasteiger partial charge is 0.491 e. The fourth-order valence-electron chi connectivity index (χ4n) is 2.40. The Bertz CT molecular complexity index is 633. The van der Waals surface area contributed by atoms with Gasteiger partial charge in [0.05, 0.1) is 13.2 Å². The molecule has 2 aromatic rings. The summed E-state index contributed by atoms with van der Waals surface area (Å²) in [4.78, 5) is 0. The average Bonchev–Trinajstić information content (AvgIpc) is 2.68. The van der Waals surface area contributed by atoms with Crippen LogP contribution in [0.3, 0.4) is 0 Å². The van der Waals surface area contributed by atoms with Gasteiger partial charge in [0, 0.05) is 37.1 Å². The van der Waals surface area contributed by atoms with E-state index >= 15 is 0 Å². The molecule has 0 aliphatic rings. The molecule has 26 heavy (non-hydrogen) atoms. The van der Waals surface area contributed by atoms with Crippen LogP contribution in [0.15, 0.2) is 48.5 Å². The topological polar surface area (TPSA) is 49.0 Å². The Morgan fingerprint density at radius 3 is 2.27 bits per heavy atom. The van der Waals surface area contributed by atoms with Crippen molar-refractivity contribution >= 4 is 5.69 Å². The number of para-hydroxylation sites is 1. The fourth-order valence-corrected chi connectivity index (χ4v) is 2.40. The summed E-state index contributed by atoms with van der Waals surface area (Å²) in [5, 5.41) is 3.42. The maximum Gasteiger partial charge on any atom is 0.124 e. The van der Waals surface area contributed by atoms with Crippen molar-refractivity contribution in [1.82, 2.24) is 0 Å². The van der Waals surface area contributed by atoms with E-state index < -0.39 is 0 Å². The SMILES string of the molecule is CCOCCOc1cccc(NCc2ccccc2OCCOCC)c1. The number of benzene rings is 2. The molecule has 2 rings (SSSR count). The predicted octanol–water partition coefficient (Wildman–Crippen LogP) is 4.13. The summed E-state index contributed by atoms with van der Waals surface area (Å²) in [5.74, 6) is 1.71. The lowest BCUT2D eigenvalue weighted by molar-refractivity contribution is 0.110. The van der Waals surface area contributed by atoms with Crippen LogP contribution < -0.4 is 14.8 Å². The van der Waals surface area contributed by atoms with Gasteiger partial charge in [-0.25, -0.2) is 0 Å². The number of hydrogen-bond donors (Lipinski definition) is 1. The zero-order valence-corrected chi connectivity index (χ0v) is 15.7. The van der Waals surface area contributed by atoms with Gasteiger partial charge in [0.1, 0.15) is 24.7 Å². The van der Waals surface area contributed by atoms with Gasteiger partial charge >= 0.3 is 0 Å². The number of nitrogens with one attached hydrogen (secondary N) is 1. The van der Waals surface area contributed by atoms with Crippen molar-refractivity contribution in [1.29, 1.82) is 0 Å². The van der Waals surface area contributed by atoms with Gasteiger partial charge in [-0.2, -0.15) is 0 Å². The summed E-state index contributed by atoms with van der Waals surface area (Å²) < 4.78 is 22.1. The molecule has 0 saturated carbocycles. The highest BCUT2D eigenvalue weighted by molar-refractivity contribution is 5.49. The zero-order valence-electron chi connectivity index (χ0n) is 15.7. The summed E-state index contributed by atoms with van der Waals surface area (Å²) in [7, 11) is 0. The molecular weight excluding hydrogens is 330 g/mol. The number of anilines is 1. The Kier molecular flexibility index (Phi) is 9.40.